The maximum Gasteiger partial charge on any atom is 0.412 e. The minimum Gasteiger partial charge on any atom is -0.507 e. The normalized spacial score (nSPS) is 11.1. The van der Waals surface area contributed by atoms with E-state index in [-0.39, 0.29) is 5.75 Å². The Labute approximate surface area is 86.5 Å². The Morgan fingerprint density at radius 2 is 2.21 bits per heavy atom. The fraction of sp³-hybridized carbons (Fsp3) is 0.444. The Balaban J connectivity index is 2.50. The number of nitrogens with one attached hydrogen (secondary N) is 1. The number of hydrogen-bond acceptors (Lipinski definition) is 4. The first-order valence-corrected chi connectivity index (χ1v) is 5.02. The van der Waals surface area contributed by atoms with Crippen LogP contribution in [0.15, 0.2) is 11.4 Å². The van der Waals surface area contributed by atoms with Crippen LogP contribution >= 0.6 is 11.3 Å². The number of rotatable bonds is 1. The standard InChI is InChI=1S/C9H13NO3S/c1-9(2,3)13-8(12)10-7-4-6(11)5-14-7/h4-5,11H,1-3H3,(H,10,12). The van der Waals surface area contributed by atoms with Crippen molar-refractivity contribution in [3.8, 4) is 5.75 Å². The lowest BCUT2D eigenvalue weighted by Gasteiger charge is -2.19. The molecule has 0 saturated heterocycles. The molecule has 0 fully saturated rings. The zero-order chi connectivity index (χ0) is 10.8. The van der Waals surface area contributed by atoms with Crippen molar-refractivity contribution in [1.82, 2.24) is 0 Å². The van der Waals surface area contributed by atoms with E-state index in [1.54, 1.807) is 20.8 Å². The molecule has 0 aliphatic rings. The molecule has 5 heteroatoms. The van der Waals surface area contributed by atoms with E-state index in [4.69, 9.17) is 9.84 Å². The van der Waals surface area contributed by atoms with Crippen LogP contribution in [0.4, 0.5) is 9.80 Å². The molecular weight excluding hydrogens is 202 g/mol. The zero-order valence-corrected chi connectivity index (χ0v) is 9.14. The van der Waals surface area contributed by atoms with Gasteiger partial charge < -0.3 is 9.84 Å². The van der Waals surface area contributed by atoms with Crippen LogP contribution in [0.3, 0.4) is 0 Å². The van der Waals surface area contributed by atoms with Gasteiger partial charge in [-0.25, -0.2) is 4.79 Å². The number of carbonyl (C=O) groups is 1. The van der Waals surface area contributed by atoms with Crippen LogP contribution in [0.1, 0.15) is 20.8 Å². The van der Waals surface area contributed by atoms with E-state index in [2.05, 4.69) is 5.32 Å². The van der Waals surface area contributed by atoms with Gasteiger partial charge in [-0.05, 0) is 20.8 Å². The van der Waals surface area contributed by atoms with Gasteiger partial charge in [0.2, 0.25) is 0 Å². The third-order valence-electron chi connectivity index (χ3n) is 1.21. The summed E-state index contributed by atoms with van der Waals surface area (Å²) in [6.07, 6.45) is -0.514. The van der Waals surface area contributed by atoms with Gasteiger partial charge in [-0.15, -0.1) is 11.3 Å². The lowest BCUT2D eigenvalue weighted by Crippen LogP contribution is -2.26. The van der Waals surface area contributed by atoms with Gasteiger partial charge in [0, 0.05) is 11.4 Å². The molecule has 1 amide bonds. The molecule has 0 bridgehead atoms. The molecule has 1 aromatic rings. The molecule has 0 saturated carbocycles. The van der Waals surface area contributed by atoms with Crippen molar-refractivity contribution in [2.24, 2.45) is 0 Å². The van der Waals surface area contributed by atoms with E-state index in [0.29, 0.717) is 5.00 Å². The van der Waals surface area contributed by atoms with Crippen LogP contribution in [-0.2, 0) is 4.74 Å². The van der Waals surface area contributed by atoms with E-state index >= 15 is 0 Å². The summed E-state index contributed by atoms with van der Waals surface area (Å²) in [5.41, 5.74) is -0.511. The molecule has 0 radical (unpaired) electrons. The van der Waals surface area contributed by atoms with Gasteiger partial charge in [0.25, 0.3) is 0 Å². The molecule has 0 aliphatic heterocycles. The third-order valence-corrected chi connectivity index (χ3v) is 2.04. The van der Waals surface area contributed by atoms with E-state index in [1.807, 2.05) is 0 Å². The Morgan fingerprint density at radius 3 is 2.64 bits per heavy atom. The second-order valence-corrected chi connectivity index (χ2v) is 4.71. The molecule has 78 valence electrons. The highest BCUT2D eigenvalue weighted by atomic mass is 32.1. The van der Waals surface area contributed by atoms with Gasteiger partial charge in [0.05, 0.1) is 0 Å². The molecule has 1 aromatic heterocycles. The van der Waals surface area contributed by atoms with Gasteiger partial charge in [0.1, 0.15) is 16.4 Å². The number of hydrogen-bond donors (Lipinski definition) is 2. The van der Waals surface area contributed by atoms with Crippen LogP contribution in [0.25, 0.3) is 0 Å². The van der Waals surface area contributed by atoms with Crippen LogP contribution < -0.4 is 5.32 Å². The van der Waals surface area contributed by atoms with Gasteiger partial charge >= 0.3 is 6.09 Å². The first-order valence-electron chi connectivity index (χ1n) is 4.14. The van der Waals surface area contributed by atoms with E-state index in [0.717, 1.165) is 0 Å². The van der Waals surface area contributed by atoms with Crippen molar-refractivity contribution < 1.29 is 14.6 Å². The zero-order valence-electron chi connectivity index (χ0n) is 8.33. The molecule has 14 heavy (non-hydrogen) atoms. The van der Waals surface area contributed by atoms with Crippen molar-refractivity contribution >= 4 is 22.4 Å². The maximum absolute atomic E-state index is 11.2. The number of thiophene rings is 1. The summed E-state index contributed by atoms with van der Waals surface area (Å²) >= 11 is 1.24. The Morgan fingerprint density at radius 1 is 1.57 bits per heavy atom. The van der Waals surface area contributed by atoms with Crippen molar-refractivity contribution in [3.63, 3.8) is 0 Å². The van der Waals surface area contributed by atoms with Gasteiger partial charge in [-0.3, -0.25) is 5.32 Å². The maximum atomic E-state index is 11.2. The van der Waals surface area contributed by atoms with Crippen molar-refractivity contribution in [3.05, 3.63) is 11.4 Å². The smallest absolute Gasteiger partial charge is 0.412 e. The van der Waals surface area contributed by atoms with Crippen LogP contribution in [0.2, 0.25) is 0 Å². The molecule has 0 aromatic carbocycles. The molecule has 2 N–H and O–H groups in total. The summed E-state index contributed by atoms with van der Waals surface area (Å²) in [5, 5.41) is 13.6. The number of aromatic hydroxyl groups is 1. The molecule has 0 unspecified atom stereocenters. The quantitative estimate of drug-likeness (QED) is 0.757. The number of carbonyl (C=O) groups excluding carboxylic acids is 1. The second kappa shape index (κ2) is 3.88. The van der Waals surface area contributed by atoms with Crippen LogP contribution in [0.5, 0.6) is 5.75 Å². The fourth-order valence-corrected chi connectivity index (χ4v) is 1.44. The molecule has 1 heterocycles. The minimum atomic E-state index is -0.514. The monoisotopic (exact) mass is 215 g/mol. The van der Waals surface area contributed by atoms with Gasteiger partial charge in [-0.2, -0.15) is 0 Å². The lowest BCUT2D eigenvalue weighted by atomic mass is 10.2. The van der Waals surface area contributed by atoms with Gasteiger partial charge in [-0.1, -0.05) is 0 Å². The highest BCUT2D eigenvalue weighted by molar-refractivity contribution is 7.14. The number of anilines is 1. The minimum absolute atomic E-state index is 0.140. The molecule has 0 spiro atoms. The molecule has 0 atom stereocenters. The Bertz CT molecular complexity index is 327. The van der Waals surface area contributed by atoms with Crippen molar-refractivity contribution in [1.29, 1.82) is 0 Å². The lowest BCUT2D eigenvalue weighted by molar-refractivity contribution is 0.0636. The van der Waals surface area contributed by atoms with Gasteiger partial charge in [0.15, 0.2) is 0 Å². The average Bonchev–Trinajstić information content (AvgIpc) is 2.30. The van der Waals surface area contributed by atoms with E-state index in [9.17, 15) is 4.79 Å². The molecule has 0 aliphatic carbocycles. The first kappa shape index (κ1) is 10.8. The van der Waals surface area contributed by atoms with E-state index < -0.39 is 11.7 Å². The SMILES string of the molecule is CC(C)(C)OC(=O)Nc1cc(O)cs1. The third kappa shape index (κ3) is 3.66. The molecule has 1 rings (SSSR count). The van der Waals surface area contributed by atoms with Crippen molar-refractivity contribution in [2.75, 3.05) is 5.32 Å². The molecular formula is C9H13NO3S. The first-order chi connectivity index (χ1) is 6.37. The fourth-order valence-electron chi connectivity index (χ4n) is 0.796. The summed E-state index contributed by atoms with van der Waals surface area (Å²) in [5.74, 6) is 0.140. The van der Waals surface area contributed by atoms with Crippen LogP contribution in [0, 0.1) is 0 Å². The van der Waals surface area contributed by atoms with E-state index in [1.165, 1.54) is 22.8 Å². The predicted molar refractivity (Wildman–Crippen MR) is 55.8 cm³/mol. The summed E-state index contributed by atoms with van der Waals surface area (Å²) in [7, 11) is 0. The Hall–Kier alpha value is -1.23. The summed E-state index contributed by atoms with van der Waals surface area (Å²) < 4.78 is 5.03. The largest absolute Gasteiger partial charge is 0.507 e. The second-order valence-electron chi connectivity index (χ2n) is 3.80. The highest BCUT2D eigenvalue weighted by Crippen LogP contribution is 2.25. The summed E-state index contributed by atoms with van der Waals surface area (Å²) in [4.78, 5) is 11.2. The summed E-state index contributed by atoms with van der Waals surface area (Å²) in [6.45, 7) is 5.37. The Kier molecular flexibility index (Phi) is 3.00. The van der Waals surface area contributed by atoms with Crippen LogP contribution in [-0.4, -0.2) is 16.8 Å². The topological polar surface area (TPSA) is 58.6 Å². The number of ether oxygens (including phenoxy) is 1. The van der Waals surface area contributed by atoms with Crippen molar-refractivity contribution in [2.45, 2.75) is 26.4 Å². The summed E-state index contributed by atoms with van der Waals surface area (Å²) in [6, 6.07) is 1.47. The average molecular weight is 215 g/mol. The highest BCUT2D eigenvalue weighted by Gasteiger charge is 2.16. The molecule has 4 nitrogen and oxygen atoms in total. The predicted octanol–water partition coefficient (Wildman–Crippen LogP) is 2.80. The number of amides is 1.